The van der Waals surface area contributed by atoms with Crippen molar-refractivity contribution >= 4 is 39.1 Å². The molecule has 0 amide bonds. The van der Waals surface area contributed by atoms with Crippen molar-refractivity contribution in [2.75, 3.05) is 0 Å². The van der Waals surface area contributed by atoms with E-state index in [2.05, 4.69) is 24.3 Å². The molecule has 3 aromatic carbocycles. The molecule has 0 saturated carbocycles. The number of carbonyl (C=O) groups is 1. The first kappa shape index (κ1) is 18.3. The van der Waals surface area contributed by atoms with Crippen molar-refractivity contribution in [3.63, 3.8) is 0 Å². The zero-order valence-corrected chi connectivity index (χ0v) is 16.6. The molecule has 0 spiro atoms. The van der Waals surface area contributed by atoms with Crippen molar-refractivity contribution in [3.05, 3.63) is 83.9 Å². The largest absolute Gasteiger partial charge is 0.480 e. The van der Waals surface area contributed by atoms with Gasteiger partial charge in [0.1, 0.15) is 11.6 Å². The van der Waals surface area contributed by atoms with Gasteiger partial charge in [-0.05, 0) is 43.5 Å². The second-order valence-electron chi connectivity index (χ2n) is 7.65. The fourth-order valence-corrected chi connectivity index (χ4v) is 4.07. The van der Waals surface area contributed by atoms with Crippen LogP contribution in [0.4, 0.5) is 0 Å². The summed E-state index contributed by atoms with van der Waals surface area (Å²) < 4.78 is 1.85. The third-order valence-electron chi connectivity index (χ3n) is 5.62. The van der Waals surface area contributed by atoms with Crippen LogP contribution in [0.1, 0.15) is 23.6 Å². The molecule has 5 aromatic rings. The molecule has 2 aromatic heterocycles. The molecule has 5 heteroatoms. The van der Waals surface area contributed by atoms with Crippen LogP contribution in [0.3, 0.4) is 0 Å². The van der Waals surface area contributed by atoms with Crippen LogP contribution >= 0.6 is 0 Å². The minimum absolute atomic E-state index is 0.473. The quantitative estimate of drug-likeness (QED) is 0.438. The minimum Gasteiger partial charge on any atom is -0.480 e. The lowest BCUT2D eigenvalue weighted by Crippen LogP contribution is -2.20. The van der Waals surface area contributed by atoms with Gasteiger partial charge in [0.05, 0.1) is 16.6 Å². The number of aliphatic carboxylic acids is 1. The Morgan fingerprint density at radius 1 is 0.933 bits per heavy atom. The predicted molar refractivity (Wildman–Crippen MR) is 119 cm³/mol. The summed E-state index contributed by atoms with van der Waals surface area (Å²) in [5.74, 6) is -0.861. The molecule has 0 aliphatic rings. The van der Waals surface area contributed by atoms with E-state index < -0.39 is 12.0 Å². The summed E-state index contributed by atoms with van der Waals surface area (Å²) in [6.45, 7) is 2.05. The van der Waals surface area contributed by atoms with Gasteiger partial charge >= 0.3 is 5.97 Å². The third-order valence-corrected chi connectivity index (χ3v) is 5.62. The monoisotopic (exact) mass is 395 g/mol. The number of para-hydroxylation sites is 3. The third kappa shape index (κ3) is 3.08. The van der Waals surface area contributed by atoms with Crippen LogP contribution in [0, 0.1) is 6.92 Å². The molecule has 0 aliphatic carbocycles. The van der Waals surface area contributed by atoms with Crippen LogP contribution < -0.4 is 0 Å². The number of carboxylic acids is 1. The van der Waals surface area contributed by atoms with Gasteiger partial charge in [-0.1, -0.05) is 60.2 Å². The highest BCUT2D eigenvalue weighted by molar-refractivity contribution is 6.07. The lowest BCUT2D eigenvalue weighted by atomic mass is 10.0. The first-order chi connectivity index (χ1) is 14.6. The Morgan fingerprint density at radius 3 is 2.33 bits per heavy atom. The minimum atomic E-state index is -0.861. The topological polar surface area (TPSA) is 68.0 Å². The van der Waals surface area contributed by atoms with E-state index in [0.717, 1.165) is 33.0 Å². The zero-order chi connectivity index (χ0) is 20.7. The summed E-state index contributed by atoms with van der Waals surface area (Å²) in [4.78, 5) is 22.0. The van der Waals surface area contributed by atoms with Gasteiger partial charge in [0.15, 0.2) is 5.65 Å². The molecular weight excluding hydrogens is 374 g/mol. The van der Waals surface area contributed by atoms with Crippen LogP contribution in [-0.4, -0.2) is 25.6 Å². The zero-order valence-electron chi connectivity index (χ0n) is 16.6. The summed E-state index contributed by atoms with van der Waals surface area (Å²) in [7, 11) is 0. The maximum atomic E-state index is 12.4. The van der Waals surface area contributed by atoms with Crippen LogP contribution in [0.5, 0.6) is 0 Å². The smallest absolute Gasteiger partial charge is 0.326 e. The summed E-state index contributed by atoms with van der Waals surface area (Å²) >= 11 is 0. The predicted octanol–water partition coefficient (Wildman–Crippen LogP) is 5.30. The van der Waals surface area contributed by atoms with Gasteiger partial charge in [0.2, 0.25) is 0 Å². The molecule has 0 saturated heterocycles. The van der Waals surface area contributed by atoms with E-state index in [-0.39, 0.29) is 0 Å². The van der Waals surface area contributed by atoms with Gasteiger partial charge in [-0.15, -0.1) is 0 Å². The van der Waals surface area contributed by atoms with E-state index >= 15 is 0 Å². The van der Waals surface area contributed by atoms with Gasteiger partial charge in [0.25, 0.3) is 0 Å². The molecule has 2 heterocycles. The second-order valence-corrected chi connectivity index (χ2v) is 7.65. The summed E-state index contributed by atoms with van der Waals surface area (Å²) in [6, 6.07) is 23.0. The van der Waals surface area contributed by atoms with Crippen molar-refractivity contribution in [2.24, 2.45) is 0 Å². The Bertz CT molecular complexity index is 1390. The molecule has 0 bridgehead atoms. The average molecular weight is 395 g/mol. The highest BCUT2D eigenvalue weighted by Gasteiger charge is 2.25. The molecular formula is C25H21N3O2. The van der Waals surface area contributed by atoms with E-state index in [9.17, 15) is 9.90 Å². The first-order valence-electron chi connectivity index (χ1n) is 10.1. The first-order valence-corrected chi connectivity index (χ1v) is 10.1. The lowest BCUT2D eigenvalue weighted by Gasteiger charge is -2.17. The van der Waals surface area contributed by atoms with Crippen molar-refractivity contribution < 1.29 is 9.90 Å². The number of carboxylic acid groups (broad SMARTS) is 1. The molecule has 5 nitrogen and oxygen atoms in total. The van der Waals surface area contributed by atoms with Gasteiger partial charge in [-0.25, -0.2) is 14.8 Å². The number of rotatable bonds is 5. The number of fused-ring (bicyclic) bond motifs is 4. The van der Waals surface area contributed by atoms with Crippen molar-refractivity contribution in [3.8, 4) is 0 Å². The molecule has 1 unspecified atom stereocenters. The molecule has 5 rings (SSSR count). The molecule has 1 N–H and O–H groups in total. The van der Waals surface area contributed by atoms with Gasteiger partial charge in [0, 0.05) is 5.39 Å². The number of hydrogen-bond acceptors (Lipinski definition) is 3. The molecule has 148 valence electrons. The van der Waals surface area contributed by atoms with Gasteiger partial charge < -0.3 is 9.67 Å². The van der Waals surface area contributed by atoms with E-state index in [1.165, 1.54) is 5.56 Å². The van der Waals surface area contributed by atoms with E-state index in [0.29, 0.717) is 18.5 Å². The standard InChI is InChI=1S/C25H21N3O2/c1-16-10-12-17(13-11-16)14-15-22(25(29)30)28-21-9-5-2-6-18(21)23-24(28)27-20-8-4-3-7-19(20)26-23/h2-13,22H,14-15H2,1H3,(H,29,30). The van der Waals surface area contributed by atoms with Crippen LogP contribution in [0.25, 0.3) is 33.1 Å². The molecule has 1 atom stereocenters. The second kappa shape index (κ2) is 7.26. The fraction of sp³-hybridized carbons (Fsp3) is 0.160. The number of hydrogen-bond donors (Lipinski definition) is 1. The molecule has 0 fully saturated rings. The number of aryl methyl sites for hydroxylation is 2. The molecule has 0 radical (unpaired) electrons. The Morgan fingerprint density at radius 2 is 1.60 bits per heavy atom. The van der Waals surface area contributed by atoms with Crippen molar-refractivity contribution in [1.82, 2.24) is 14.5 Å². The van der Waals surface area contributed by atoms with E-state index in [1.807, 2.05) is 60.0 Å². The van der Waals surface area contributed by atoms with E-state index in [1.54, 1.807) is 0 Å². The maximum absolute atomic E-state index is 12.4. The summed E-state index contributed by atoms with van der Waals surface area (Å²) in [5, 5.41) is 11.1. The SMILES string of the molecule is Cc1ccc(CCC(C(=O)O)n2c3ccccc3c3nc4ccccc4nc32)cc1. The fourth-order valence-electron chi connectivity index (χ4n) is 4.07. The van der Waals surface area contributed by atoms with Crippen molar-refractivity contribution in [2.45, 2.75) is 25.8 Å². The van der Waals surface area contributed by atoms with Gasteiger partial charge in [-0.3, -0.25) is 0 Å². The Labute approximate surface area is 173 Å². The Kier molecular flexibility index (Phi) is 4.43. The highest BCUT2D eigenvalue weighted by atomic mass is 16.4. The number of aromatic nitrogens is 3. The lowest BCUT2D eigenvalue weighted by molar-refractivity contribution is -0.140. The Balaban J connectivity index is 1.68. The van der Waals surface area contributed by atoms with Crippen LogP contribution in [0.2, 0.25) is 0 Å². The summed E-state index contributed by atoms with van der Waals surface area (Å²) in [6.07, 6.45) is 1.15. The average Bonchev–Trinajstić information content (AvgIpc) is 3.07. The number of nitrogens with zero attached hydrogens (tertiary/aromatic N) is 3. The maximum Gasteiger partial charge on any atom is 0.326 e. The Hall–Kier alpha value is -3.73. The summed E-state index contributed by atoms with van der Waals surface area (Å²) in [5.41, 5.74) is 6.09. The number of benzene rings is 3. The van der Waals surface area contributed by atoms with E-state index in [4.69, 9.17) is 9.97 Å². The molecule has 0 aliphatic heterocycles. The van der Waals surface area contributed by atoms with Crippen molar-refractivity contribution in [1.29, 1.82) is 0 Å². The normalized spacial score (nSPS) is 12.6. The van der Waals surface area contributed by atoms with Crippen LogP contribution in [0.15, 0.2) is 72.8 Å². The van der Waals surface area contributed by atoms with Gasteiger partial charge in [-0.2, -0.15) is 0 Å². The highest BCUT2D eigenvalue weighted by Crippen LogP contribution is 2.32. The molecule has 30 heavy (non-hydrogen) atoms. The van der Waals surface area contributed by atoms with Crippen LogP contribution in [-0.2, 0) is 11.2 Å².